The third-order valence-corrected chi connectivity index (χ3v) is 2.24. The van der Waals surface area contributed by atoms with E-state index < -0.39 is 18.5 Å². The van der Waals surface area contributed by atoms with Gasteiger partial charge in [0.25, 0.3) is 0 Å². The predicted molar refractivity (Wildman–Crippen MR) is 73.5 cm³/mol. The predicted octanol–water partition coefficient (Wildman–Crippen LogP) is 1.78. The Morgan fingerprint density at radius 1 is 1.30 bits per heavy atom. The van der Waals surface area contributed by atoms with E-state index in [1.165, 1.54) is 6.07 Å². The number of anilines is 1. The molecule has 110 valence electrons. The molecule has 0 unspecified atom stereocenters. The van der Waals surface area contributed by atoms with E-state index in [4.69, 9.17) is 19.9 Å². The number of carbonyl (C=O) groups excluding carboxylic acids is 2. The molecule has 0 heterocycles. The maximum atomic E-state index is 11.9. The molecule has 0 spiro atoms. The second-order valence-electron chi connectivity index (χ2n) is 4.27. The molecule has 0 aliphatic rings. The van der Waals surface area contributed by atoms with Crippen molar-refractivity contribution in [3.63, 3.8) is 0 Å². The first-order valence-corrected chi connectivity index (χ1v) is 6.33. The molecule has 0 radical (unpaired) electrons. The van der Waals surface area contributed by atoms with Gasteiger partial charge in [0.2, 0.25) is 0 Å². The maximum Gasteiger partial charge on any atom is 0.344 e. The van der Waals surface area contributed by atoms with Crippen LogP contribution >= 0.6 is 0 Å². The first-order chi connectivity index (χ1) is 9.45. The minimum atomic E-state index is -0.679. The van der Waals surface area contributed by atoms with Gasteiger partial charge in [0, 0.05) is 0 Å². The van der Waals surface area contributed by atoms with Crippen molar-refractivity contribution in [2.24, 2.45) is 0 Å². The molecule has 0 fully saturated rings. The molecular formula is C14H19NO5. The summed E-state index contributed by atoms with van der Waals surface area (Å²) in [5, 5.41) is 0. The van der Waals surface area contributed by atoms with Crippen LogP contribution in [0.25, 0.3) is 0 Å². The first-order valence-electron chi connectivity index (χ1n) is 6.33. The lowest BCUT2D eigenvalue weighted by Crippen LogP contribution is -2.20. The molecule has 0 amide bonds. The van der Waals surface area contributed by atoms with Crippen molar-refractivity contribution < 1.29 is 23.8 Å². The highest BCUT2D eigenvalue weighted by molar-refractivity contribution is 5.95. The van der Waals surface area contributed by atoms with Gasteiger partial charge in [0.05, 0.1) is 18.4 Å². The van der Waals surface area contributed by atoms with Crippen LogP contribution in [0.15, 0.2) is 18.2 Å². The van der Waals surface area contributed by atoms with E-state index in [0.717, 1.165) is 0 Å². The molecule has 0 aromatic heterocycles. The Hall–Kier alpha value is -2.24. The van der Waals surface area contributed by atoms with Crippen LogP contribution in [0.1, 0.15) is 31.1 Å². The summed E-state index contributed by atoms with van der Waals surface area (Å²) >= 11 is 0. The van der Waals surface area contributed by atoms with Gasteiger partial charge >= 0.3 is 11.9 Å². The standard InChI is InChI=1S/C14H19NO5/c1-4-18-13-10(6-5-7-11(13)15)14(17)19-8-12(16)20-9(2)3/h5-7,9H,4,8,15H2,1-3H3. The summed E-state index contributed by atoms with van der Waals surface area (Å²) in [5.74, 6) is -1.02. The summed E-state index contributed by atoms with van der Waals surface area (Å²) in [4.78, 5) is 23.2. The zero-order chi connectivity index (χ0) is 15.1. The van der Waals surface area contributed by atoms with Crippen LogP contribution in [0, 0.1) is 0 Å². The zero-order valence-electron chi connectivity index (χ0n) is 11.8. The SMILES string of the molecule is CCOc1c(N)cccc1C(=O)OCC(=O)OC(C)C. The van der Waals surface area contributed by atoms with E-state index in [1.807, 2.05) is 0 Å². The average Bonchev–Trinajstić information content (AvgIpc) is 2.37. The Morgan fingerprint density at radius 2 is 2.00 bits per heavy atom. The molecule has 6 heteroatoms. The summed E-state index contributed by atoms with van der Waals surface area (Å²) in [7, 11) is 0. The van der Waals surface area contributed by atoms with E-state index in [1.54, 1.807) is 32.9 Å². The van der Waals surface area contributed by atoms with Gasteiger partial charge in [0.1, 0.15) is 5.56 Å². The monoisotopic (exact) mass is 281 g/mol. The van der Waals surface area contributed by atoms with Crippen LogP contribution in [-0.4, -0.2) is 31.3 Å². The van der Waals surface area contributed by atoms with Gasteiger partial charge in [-0.1, -0.05) is 6.07 Å². The van der Waals surface area contributed by atoms with Gasteiger partial charge in [-0.25, -0.2) is 9.59 Å². The molecule has 6 nitrogen and oxygen atoms in total. The molecule has 0 atom stereocenters. The fourth-order valence-electron chi connectivity index (χ4n) is 1.52. The number of hydrogen-bond acceptors (Lipinski definition) is 6. The minimum absolute atomic E-state index is 0.184. The second-order valence-corrected chi connectivity index (χ2v) is 4.27. The lowest BCUT2D eigenvalue weighted by atomic mass is 10.2. The minimum Gasteiger partial charge on any atom is -0.491 e. The van der Waals surface area contributed by atoms with Crippen molar-refractivity contribution in [2.45, 2.75) is 26.9 Å². The highest BCUT2D eigenvalue weighted by Crippen LogP contribution is 2.26. The quantitative estimate of drug-likeness (QED) is 0.631. The third-order valence-electron chi connectivity index (χ3n) is 2.24. The summed E-state index contributed by atoms with van der Waals surface area (Å²) in [6.07, 6.45) is -0.257. The largest absolute Gasteiger partial charge is 0.491 e. The maximum absolute atomic E-state index is 11.9. The number of esters is 2. The van der Waals surface area contributed by atoms with Crippen LogP contribution in [0.5, 0.6) is 5.75 Å². The molecule has 1 aromatic rings. The number of nitrogen functional groups attached to an aromatic ring is 1. The van der Waals surface area contributed by atoms with Crippen molar-refractivity contribution in [1.82, 2.24) is 0 Å². The van der Waals surface area contributed by atoms with Gasteiger partial charge in [-0.15, -0.1) is 0 Å². The van der Waals surface area contributed by atoms with Crippen LogP contribution in [0.4, 0.5) is 5.69 Å². The molecule has 0 bridgehead atoms. The fraction of sp³-hybridized carbons (Fsp3) is 0.429. The van der Waals surface area contributed by atoms with Crippen molar-refractivity contribution in [3.05, 3.63) is 23.8 Å². The smallest absolute Gasteiger partial charge is 0.344 e. The summed E-state index contributed by atoms with van der Waals surface area (Å²) < 4.78 is 15.1. The van der Waals surface area contributed by atoms with Crippen LogP contribution in [-0.2, 0) is 14.3 Å². The Bertz CT molecular complexity index is 484. The average molecular weight is 281 g/mol. The lowest BCUT2D eigenvalue weighted by Gasteiger charge is -2.12. The van der Waals surface area contributed by atoms with Crippen LogP contribution in [0.3, 0.4) is 0 Å². The number of rotatable bonds is 6. The van der Waals surface area contributed by atoms with Gasteiger partial charge < -0.3 is 19.9 Å². The van der Waals surface area contributed by atoms with Crippen molar-refractivity contribution in [3.8, 4) is 5.75 Å². The lowest BCUT2D eigenvalue weighted by molar-refractivity contribution is -0.150. The molecular weight excluding hydrogens is 262 g/mol. The number of ether oxygens (including phenoxy) is 3. The van der Waals surface area contributed by atoms with Crippen molar-refractivity contribution in [2.75, 3.05) is 18.9 Å². The van der Waals surface area contributed by atoms with Crippen molar-refractivity contribution >= 4 is 17.6 Å². The normalized spacial score (nSPS) is 10.2. The second kappa shape index (κ2) is 7.37. The Morgan fingerprint density at radius 3 is 2.60 bits per heavy atom. The first kappa shape index (κ1) is 15.8. The fourth-order valence-corrected chi connectivity index (χ4v) is 1.52. The van der Waals surface area contributed by atoms with E-state index in [-0.39, 0.29) is 17.4 Å². The van der Waals surface area contributed by atoms with Gasteiger partial charge in [0.15, 0.2) is 12.4 Å². The van der Waals surface area contributed by atoms with Crippen LogP contribution < -0.4 is 10.5 Å². The van der Waals surface area contributed by atoms with Crippen molar-refractivity contribution in [1.29, 1.82) is 0 Å². The zero-order valence-corrected chi connectivity index (χ0v) is 11.8. The van der Waals surface area contributed by atoms with Crippen LogP contribution in [0.2, 0.25) is 0 Å². The third kappa shape index (κ3) is 4.46. The number of para-hydroxylation sites is 1. The van der Waals surface area contributed by atoms with E-state index in [9.17, 15) is 9.59 Å². The number of carbonyl (C=O) groups is 2. The molecule has 0 saturated heterocycles. The molecule has 1 rings (SSSR count). The number of nitrogens with two attached hydrogens (primary N) is 1. The summed E-state index contributed by atoms with van der Waals surface area (Å²) in [5.41, 5.74) is 6.27. The molecule has 0 aliphatic carbocycles. The molecule has 0 aliphatic heterocycles. The van der Waals surface area contributed by atoms with E-state index in [0.29, 0.717) is 12.3 Å². The van der Waals surface area contributed by atoms with Gasteiger partial charge in [-0.05, 0) is 32.9 Å². The molecule has 0 saturated carbocycles. The Kier molecular flexibility index (Phi) is 5.83. The van der Waals surface area contributed by atoms with Gasteiger partial charge in [-0.2, -0.15) is 0 Å². The van der Waals surface area contributed by atoms with E-state index >= 15 is 0 Å². The number of hydrogen-bond donors (Lipinski definition) is 1. The molecule has 2 N–H and O–H groups in total. The molecule has 1 aromatic carbocycles. The molecule has 20 heavy (non-hydrogen) atoms. The van der Waals surface area contributed by atoms with E-state index in [2.05, 4.69) is 0 Å². The van der Waals surface area contributed by atoms with Gasteiger partial charge in [-0.3, -0.25) is 0 Å². The summed E-state index contributed by atoms with van der Waals surface area (Å²) in [6.45, 7) is 5.12. The summed E-state index contributed by atoms with van der Waals surface area (Å²) in [6, 6.07) is 4.76. The highest BCUT2D eigenvalue weighted by atomic mass is 16.6. The Labute approximate surface area is 117 Å². The highest BCUT2D eigenvalue weighted by Gasteiger charge is 2.18. The topological polar surface area (TPSA) is 87.9 Å². The Balaban J connectivity index is 2.73. The number of benzene rings is 1.